The average Bonchev–Trinajstić information content (AvgIpc) is 2.72. The third kappa shape index (κ3) is 6.20. The van der Waals surface area contributed by atoms with E-state index in [9.17, 15) is 18.0 Å². The van der Waals surface area contributed by atoms with Crippen molar-refractivity contribution in [1.29, 1.82) is 0 Å². The number of ether oxygens (including phenoxy) is 1. The van der Waals surface area contributed by atoms with Crippen molar-refractivity contribution in [3.8, 4) is 5.75 Å². The number of piperidine rings is 1. The lowest BCUT2D eigenvalue weighted by Gasteiger charge is -2.34. The Morgan fingerprint density at radius 2 is 1.74 bits per heavy atom. The van der Waals surface area contributed by atoms with Crippen molar-refractivity contribution in [2.24, 2.45) is 5.92 Å². The average molecular weight is 454 g/mol. The summed E-state index contributed by atoms with van der Waals surface area (Å²) in [7, 11) is -2.49. The van der Waals surface area contributed by atoms with Gasteiger partial charge in [0.25, 0.3) is 5.91 Å². The van der Waals surface area contributed by atoms with Gasteiger partial charge in [0.15, 0.2) is 0 Å². The number of likely N-dealkylation sites (tertiary alicyclic amines) is 1. The van der Waals surface area contributed by atoms with E-state index < -0.39 is 15.6 Å². The van der Waals surface area contributed by atoms with Crippen molar-refractivity contribution >= 4 is 21.8 Å². The lowest BCUT2D eigenvalue weighted by Crippen LogP contribution is -2.44. The molecule has 1 aromatic rings. The molecule has 31 heavy (non-hydrogen) atoms. The van der Waals surface area contributed by atoms with E-state index in [4.69, 9.17) is 4.74 Å². The highest BCUT2D eigenvalue weighted by atomic mass is 32.2. The van der Waals surface area contributed by atoms with E-state index in [1.165, 1.54) is 19.2 Å². The Morgan fingerprint density at radius 1 is 1.16 bits per heavy atom. The van der Waals surface area contributed by atoms with E-state index in [-0.39, 0.29) is 33.9 Å². The Hall–Kier alpha value is -2.13. The SMILES string of the molecule is CCN(CC)C(=O)C1CCN(C(=O)c2ccc(OC)c(S(=O)(=O)NC(C)(C)C)c2)CC1. The van der Waals surface area contributed by atoms with Crippen LogP contribution in [0.3, 0.4) is 0 Å². The Morgan fingerprint density at radius 3 is 2.23 bits per heavy atom. The van der Waals surface area contributed by atoms with Gasteiger partial charge in [0, 0.05) is 43.2 Å². The van der Waals surface area contributed by atoms with Gasteiger partial charge in [0.05, 0.1) is 7.11 Å². The summed E-state index contributed by atoms with van der Waals surface area (Å²) in [5, 5.41) is 0. The van der Waals surface area contributed by atoms with Crippen LogP contribution in [-0.4, -0.2) is 68.9 Å². The molecule has 0 unspecified atom stereocenters. The van der Waals surface area contributed by atoms with Gasteiger partial charge in [-0.2, -0.15) is 0 Å². The summed E-state index contributed by atoms with van der Waals surface area (Å²) in [6.07, 6.45) is 1.21. The molecule has 8 nitrogen and oxygen atoms in total. The topological polar surface area (TPSA) is 96.0 Å². The number of methoxy groups -OCH3 is 1. The first-order valence-corrected chi connectivity index (χ1v) is 12.2. The van der Waals surface area contributed by atoms with Crippen LogP contribution in [0, 0.1) is 5.92 Å². The molecule has 1 heterocycles. The first-order chi connectivity index (χ1) is 14.4. The summed E-state index contributed by atoms with van der Waals surface area (Å²) in [5.41, 5.74) is -0.396. The molecule has 2 amide bonds. The molecule has 174 valence electrons. The molecule has 1 N–H and O–H groups in total. The maximum absolute atomic E-state index is 13.1. The minimum atomic E-state index is -3.88. The maximum Gasteiger partial charge on any atom is 0.253 e. The van der Waals surface area contributed by atoms with Crippen LogP contribution >= 0.6 is 0 Å². The van der Waals surface area contributed by atoms with E-state index in [1.54, 1.807) is 31.7 Å². The quantitative estimate of drug-likeness (QED) is 0.684. The van der Waals surface area contributed by atoms with Gasteiger partial charge in [-0.3, -0.25) is 9.59 Å². The Kier molecular flexibility index (Phi) is 8.10. The molecule has 0 aromatic heterocycles. The number of rotatable bonds is 7. The number of carbonyl (C=O) groups is 2. The third-order valence-corrected chi connectivity index (χ3v) is 7.13. The predicted octanol–water partition coefficient (Wildman–Crippen LogP) is 2.49. The summed E-state index contributed by atoms with van der Waals surface area (Å²) in [6, 6.07) is 4.44. The number of nitrogens with zero attached hydrogens (tertiary/aromatic N) is 2. The molecule has 0 bridgehead atoms. The molecule has 1 saturated heterocycles. The number of carbonyl (C=O) groups excluding carboxylic acids is 2. The number of nitrogens with one attached hydrogen (secondary N) is 1. The van der Waals surface area contributed by atoms with E-state index in [0.29, 0.717) is 39.0 Å². The number of hydrogen-bond acceptors (Lipinski definition) is 5. The van der Waals surface area contributed by atoms with E-state index in [2.05, 4.69) is 4.72 Å². The van der Waals surface area contributed by atoms with Gasteiger partial charge < -0.3 is 14.5 Å². The van der Waals surface area contributed by atoms with Crippen molar-refractivity contribution < 1.29 is 22.7 Å². The number of hydrogen-bond donors (Lipinski definition) is 1. The zero-order valence-corrected chi connectivity index (χ0v) is 20.2. The Labute approximate surface area is 186 Å². The second kappa shape index (κ2) is 9.99. The van der Waals surface area contributed by atoms with Gasteiger partial charge in [-0.1, -0.05) is 0 Å². The number of benzene rings is 1. The predicted molar refractivity (Wildman–Crippen MR) is 120 cm³/mol. The van der Waals surface area contributed by atoms with Crippen molar-refractivity contribution in [2.75, 3.05) is 33.3 Å². The van der Waals surface area contributed by atoms with E-state index in [0.717, 1.165) is 0 Å². The van der Waals surface area contributed by atoms with Gasteiger partial charge in [0.1, 0.15) is 10.6 Å². The lowest BCUT2D eigenvalue weighted by atomic mass is 9.94. The molecule has 0 atom stereocenters. The minimum absolute atomic E-state index is 0.0672. The molecular formula is C22H35N3O5S. The number of amides is 2. The van der Waals surface area contributed by atoms with Crippen molar-refractivity contribution in [3.63, 3.8) is 0 Å². The highest BCUT2D eigenvalue weighted by molar-refractivity contribution is 7.89. The van der Waals surface area contributed by atoms with Crippen LogP contribution in [0.2, 0.25) is 0 Å². The molecule has 9 heteroatoms. The molecule has 1 aliphatic heterocycles. The molecule has 0 radical (unpaired) electrons. The second-order valence-electron chi connectivity index (χ2n) is 8.80. The zero-order chi connectivity index (χ0) is 23.4. The molecule has 0 aliphatic carbocycles. The fourth-order valence-corrected chi connectivity index (χ4v) is 5.40. The standard InChI is InChI=1S/C22H35N3O5S/c1-7-24(8-2)20(26)16-11-13-25(14-12-16)21(27)17-9-10-18(30-6)19(15-17)31(28,29)23-22(3,4)5/h9-10,15-16,23H,7-8,11-14H2,1-6H3. The van der Waals surface area contributed by atoms with Crippen molar-refractivity contribution in [2.45, 2.75) is 57.9 Å². The van der Waals surface area contributed by atoms with Crippen LogP contribution < -0.4 is 9.46 Å². The molecule has 0 spiro atoms. The van der Waals surface area contributed by atoms with Gasteiger partial charge in [-0.05, 0) is 65.7 Å². The Balaban J connectivity index is 2.19. The second-order valence-corrected chi connectivity index (χ2v) is 10.4. The zero-order valence-electron chi connectivity index (χ0n) is 19.4. The molecule has 2 rings (SSSR count). The van der Waals surface area contributed by atoms with Gasteiger partial charge in [-0.25, -0.2) is 13.1 Å². The molecule has 1 aromatic carbocycles. The van der Waals surface area contributed by atoms with Crippen molar-refractivity contribution in [3.05, 3.63) is 23.8 Å². The van der Waals surface area contributed by atoms with E-state index in [1.807, 2.05) is 18.7 Å². The lowest BCUT2D eigenvalue weighted by molar-refractivity contribution is -0.136. The van der Waals surface area contributed by atoms with Crippen LogP contribution in [0.5, 0.6) is 5.75 Å². The monoisotopic (exact) mass is 453 g/mol. The highest BCUT2D eigenvalue weighted by Crippen LogP contribution is 2.28. The smallest absolute Gasteiger partial charge is 0.253 e. The van der Waals surface area contributed by atoms with Crippen LogP contribution in [0.15, 0.2) is 23.1 Å². The maximum atomic E-state index is 13.1. The molecular weight excluding hydrogens is 418 g/mol. The first-order valence-electron chi connectivity index (χ1n) is 10.7. The normalized spacial score (nSPS) is 15.6. The summed E-state index contributed by atoms with van der Waals surface area (Å²) >= 11 is 0. The fourth-order valence-electron chi connectivity index (χ4n) is 3.78. The minimum Gasteiger partial charge on any atom is -0.495 e. The summed E-state index contributed by atoms with van der Waals surface area (Å²) in [4.78, 5) is 29.1. The van der Waals surface area contributed by atoms with Gasteiger partial charge in [-0.15, -0.1) is 0 Å². The van der Waals surface area contributed by atoms with E-state index >= 15 is 0 Å². The van der Waals surface area contributed by atoms with Crippen LogP contribution in [-0.2, 0) is 14.8 Å². The molecule has 1 fully saturated rings. The van der Waals surface area contributed by atoms with Crippen LogP contribution in [0.4, 0.5) is 0 Å². The van der Waals surface area contributed by atoms with Gasteiger partial charge in [0.2, 0.25) is 15.9 Å². The first kappa shape index (κ1) is 25.1. The molecule has 0 saturated carbocycles. The van der Waals surface area contributed by atoms with Crippen LogP contribution in [0.25, 0.3) is 0 Å². The summed E-state index contributed by atoms with van der Waals surface area (Å²) in [6.45, 7) is 11.4. The highest BCUT2D eigenvalue weighted by Gasteiger charge is 2.31. The van der Waals surface area contributed by atoms with Crippen LogP contribution in [0.1, 0.15) is 57.8 Å². The summed E-state index contributed by atoms with van der Waals surface area (Å²) < 4.78 is 33.5. The Bertz CT molecular complexity index is 896. The largest absolute Gasteiger partial charge is 0.495 e. The summed E-state index contributed by atoms with van der Waals surface area (Å²) in [5.74, 6) is -0.00431. The number of sulfonamides is 1. The fraction of sp³-hybridized carbons (Fsp3) is 0.636. The van der Waals surface area contributed by atoms with Crippen molar-refractivity contribution in [1.82, 2.24) is 14.5 Å². The van der Waals surface area contributed by atoms with Gasteiger partial charge >= 0.3 is 0 Å². The third-order valence-electron chi connectivity index (χ3n) is 5.35. The molecule has 1 aliphatic rings.